The largest absolute Gasteiger partial charge is 0.244 e. The summed E-state index contributed by atoms with van der Waals surface area (Å²) in [5.41, 5.74) is 2.72. The molecule has 0 spiro atoms. The maximum atomic E-state index is 9.83. The van der Waals surface area contributed by atoms with E-state index >= 15 is 0 Å². The van der Waals surface area contributed by atoms with E-state index in [1.807, 2.05) is 0 Å². The van der Waals surface area contributed by atoms with Gasteiger partial charge < -0.3 is 0 Å². The Kier molecular flexibility index (Phi) is 7.07. The molecule has 0 bridgehead atoms. The van der Waals surface area contributed by atoms with Gasteiger partial charge in [0, 0.05) is 0 Å². The Labute approximate surface area is 59.7 Å². The zero-order valence-corrected chi connectivity index (χ0v) is 8.56. The van der Waals surface area contributed by atoms with Crippen molar-refractivity contribution in [3.8, 4) is 0 Å². The van der Waals surface area contributed by atoms with Crippen LogP contribution in [0.5, 0.6) is 0 Å². The first-order valence-electron chi connectivity index (χ1n) is 1.79. The van der Waals surface area contributed by atoms with Crippen molar-refractivity contribution < 1.29 is 16.3 Å². The summed E-state index contributed by atoms with van der Waals surface area (Å²) in [4.78, 5) is 0. The standard InChI is InChI=1S/C2H7AsO2.O2PS/c1-3(2,4)5;1-4(2)3/h1-2H3,(H,4,5);. The Morgan fingerprint density at radius 2 is 1.44 bits per heavy atom. The molecule has 0 heterocycles. The molecule has 0 saturated carbocycles. The number of rotatable bonds is 0. The first kappa shape index (κ1) is 12.1. The predicted molar refractivity (Wildman–Crippen MR) is 36.2 cm³/mol. The second-order valence-electron chi connectivity index (χ2n) is 1.51. The molecule has 0 fully saturated rings. The summed E-state index contributed by atoms with van der Waals surface area (Å²) in [5.74, 6) is 0. The van der Waals surface area contributed by atoms with Gasteiger partial charge in [0.05, 0.1) is 0 Å². The average Bonchev–Trinajstić information content (AvgIpc) is 1.19. The molecule has 0 aromatic heterocycles. The van der Waals surface area contributed by atoms with Crippen molar-refractivity contribution in [1.82, 2.24) is 0 Å². The summed E-state index contributed by atoms with van der Waals surface area (Å²) in [6, 6.07) is 0. The van der Waals surface area contributed by atoms with Crippen molar-refractivity contribution in [3.63, 3.8) is 0 Å². The van der Waals surface area contributed by atoms with Gasteiger partial charge in [-0.25, -0.2) is 0 Å². The molecular formula is C2H7AsO4PS. The van der Waals surface area contributed by atoms with Gasteiger partial charge in [-0.15, -0.1) is 0 Å². The van der Waals surface area contributed by atoms with E-state index in [-0.39, 0.29) is 0 Å². The van der Waals surface area contributed by atoms with E-state index in [0.717, 1.165) is 0 Å². The second-order valence-corrected chi connectivity index (χ2v) is 8.27. The van der Waals surface area contributed by atoms with Crippen molar-refractivity contribution >= 4 is 31.7 Å². The van der Waals surface area contributed by atoms with Crippen molar-refractivity contribution in [3.05, 3.63) is 0 Å². The SMILES string of the molecule is C[As](C)(=O)O.O=S(=O)=[P]. The Hall–Kier alpha value is 0.438. The van der Waals surface area contributed by atoms with E-state index < -0.39 is 23.7 Å². The molecule has 1 radical (unpaired) electrons. The Balaban J connectivity index is 0. The second kappa shape index (κ2) is 5.24. The van der Waals surface area contributed by atoms with Gasteiger partial charge in [0.25, 0.3) is 0 Å². The number of hydrogen-bond donors (Lipinski definition) is 1. The molecule has 0 atom stereocenters. The van der Waals surface area contributed by atoms with Crippen molar-refractivity contribution in [2.24, 2.45) is 0 Å². The van der Waals surface area contributed by atoms with Crippen LogP contribution < -0.4 is 0 Å². The molecule has 0 rings (SSSR count). The summed E-state index contributed by atoms with van der Waals surface area (Å²) in [5, 5.41) is 0. The predicted octanol–water partition coefficient (Wildman–Crippen LogP) is 0.302. The van der Waals surface area contributed by atoms with Crippen LogP contribution in [0.1, 0.15) is 0 Å². The summed E-state index contributed by atoms with van der Waals surface area (Å²) >= 11 is -3.12. The van der Waals surface area contributed by atoms with E-state index in [1.165, 1.54) is 11.4 Å². The fourth-order valence-corrected chi connectivity index (χ4v) is 0. The van der Waals surface area contributed by atoms with Crippen LogP contribution in [-0.4, -0.2) is 26.3 Å². The molecule has 55 valence electrons. The minimum atomic E-state index is -3.12. The molecule has 0 amide bonds. The molecule has 0 aliphatic carbocycles. The quantitative estimate of drug-likeness (QED) is 0.482. The number of hydrogen-bond acceptors (Lipinski definition) is 3. The molecule has 0 aliphatic heterocycles. The third kappa shape index (κ3) is 1820. The van der Waals surface area contributed by atoms with E-state index in [0.29, 0.717) is 0 Å². The van der Waals surface area contributed by atoms with Crippen LogP contribution in [0.2, 0.25) is 11.4 Å². The Bertz CT molecular complexity index is 183. The van der Waals surface area contributed by atoms with Gasteiger partial charge in [-0.3, -0.25) is 0 Å². The third-order valence-electron chi connectivity index (χ3n) is 0. The summed E-state index contributed by atoms with van der Waals surface area (Å²) in [6.07, 6.45) is 0. The fourth-order valence-electron chi connectivity index (χ4n) is 0. The molecule has 0 saturated heterocycles. The van der Waals surface area contributed by atoms with E-state index in [9.17, 15) is 3.74 Å². The normalized spacial score (nSPS) is 9.22. The molecule has 7 heteroatoms. The van der Waals surface area contributed by atoms with Crippen LogP contribution >= 0.6 is 8.02 Å². The first-order chi connectivity index (χ1) is 3.73. The van der Waals surface area contributed by atoms with Gasteiger partial charge in [0.1, 0.15) is 8.02 Å². The molecule has 0 aromatic carbocycles. The molecule has 0 aliphatic rings. The van der Waals surface area contributed by atoms with Gasteiger partial charge in [0.2, 0.25) is 9.88 Å². The van der Waals surface area contributed by atoms with Crippen molar-refractivity contribution in [1.29, 1.82) is 0 Å². The van der Waals surface area contributed by atoms with Crippen LogP contribution in [0.25, 0.3) is 0 Å². The third-order valence-corrected chi connectivity index (χ3v) is 0. The van der Waals surface area contributed by atoms with E-state index in [4.69, 9.17) is 12.5 Å². The minimum Gasteiger partial charge on any atom is -0.180 e. The van der Waals surface area contributed by atoms with Crippen LogP contribution in [0, 0.1) is 0 Å². The van der Waals surface area contributed by atoms with Crippen molar-refractivity contribution in [2.45, 2.75) is 11.4 Å². The molecule has 1 N–H and O–H groups in total. The molecule has 0 unspecified atom stereocenters. The molecule has 9 heavy (non-hydrogen) atoms. The zero-order valence-electron chi connectivity index (χ0n) is 4.97. The topological polar surface area (TPSA) is 71.4 Å². The van der Waals surface area contributed by atoms with E-state index in [2.05, 4.69) is 8.02 Å². The average molecular weight is 233 g/mol. The van der Waals surface area contributed by atoms with Gasteiger partial charge in [-0.1, -0.05) is 0 Å². The summed E-state index contributed by atoms with van der Waals surface area (Å²) in [7, 11) is 0.716. The minimum absolute atomic E-state index is 1.36. The summed E-state index contributed by atoms with van der Waals surface area (Å²) < 4.78 is 35.7. The molecular weight excluding hydrogens is 226 g/mol. The Morgan fingerprint density at radius 1 is 1.44 bits per heavy atom. The Morgan fingerprint density at radius 3 is 1.44 bits per heavy atom. The van der Waals surface area contributed by atoms with Crippen LogP contribution in [0.3, 0.4) is 0 Å². The summed E-state index contributed by atoms with van der Waals surface area (Å²) in [6.45, 7) is 0. The molecule has 4 nitrogen and oxygen atoms in total. The van der Waals surface area contributed by atoms with Crippen LogP contribution in [-0.2, 0) is 13.6 Å². The maximum Gasteiger partial charge on any atom is 0.244 e. The van der Waals surface area contributed by atoms with Gasteiger partial charge >= 0.3 is 33.1 Å². The monoisotopic (exact) mass is 233 g/mol. The van der Waals surface area contributed by atoms with Crippen LogP contribution in [0.4, 0.5) is 0 Å². The fraction of sp³-hybridized carbons (Fsp3) is 1.00. The maximum absolute atomic E-state index is 9.83. The van der Waals surface area contributed by atoms with E-state index in [1.54, 1.807) is 0 Å². The van der Waals surface area contributed by atoms with Gasteiger partial charge in [0.15, 0.2) is 0 Å². The smallest absolute Gasteiger partial charge is 0.180 e. The van der Waals surface area contributed by atoms with Gasteiger partial charge in [-0.05, 0) is 0 Å². The first-order valence-corrected chi connectivity index (χ1v) is 9.28. The molecule has 0 aromatic rings. The zero-order chi connectivity index (χ0) is 8.08. The van der Waals surface area contributed by atoms with Crippen LogP contribution in [0.15, 0.2) is 0 Å². The van der Waals surface area contributed by atoms with Crippen molar-refractivity contribution in [2.75, 3.05) is 0 Å². The van der Waals surface area contributed by atoms with Gasteiger partial charge in [-0.2, -0.15) is 8.42 Å².